The number of hydrogen-bond acceptors (Lipinski definition) is 7. The number of nitrogens with zero attached hydrogens (tertiary/aromatic N) is 4. The molecule has 0 saturated heterocycles. The Morgan fingerprint density at radius 3 is 2.72 bits per heavy atom. The van der Waals surface area contributed by atoms with E-state index in [1.54, 1.807) is 32.8 Å². The van der Waals surface area contributed by atoms with Gasteiger partial charge in [-0.25, -0.2) is 9.98 Å². The molecule has 25 heavy (non-hydrogen) atoms. The van der Waals surface area contributed by atoms with E-state index in [4.69, 9.17) is 14.3 Å². The molecule has 1 N–H and O–H groups in total. The van der Waals surface area contributed by atoms with Crippen LogP contribution in [-0.4, -0.2) is 49.9 Å². The third-order valence-electron chi connectivity index (χ3n) is 3.24. The van der Waals surface area contributed by atoms with E-state index in [1.165, 1.54) is 0 Å². The smallest absolute Gasteiger partial charge is 0.218 e. The lowest BCUT2D eigenvalue weighted by Gasteiger charge is -2.10. The van der Waals surface area contributed by atoms with Crippen LogP contribution in [0.25, 0.3) is 0 Å². The largest absolute Gasteiger partial charge is 0.493 e. The molecule has 0 aliphatic carbocycles. The minimum atomic E-state index is 0.299. The maximum Gasteiger partial charge on any atom is 0.218 e. The monoisotopic (exact) mass is 343 g/mol. The molecule has 0 aliphatic rings. The van der Waals surface area contributed by atoms with Crippen molar-refractivity contribution in [3.05, 3.63) is 48.0 Å². The second-order valence-corrected chi connectivity index (χ2v) is 4.86. The first kappa shape index (κ1) is 18.3. The summed E-state index contributed by atoms with van der Waals surface area (Å²) < 4.78 is 10.5. The maximum atomic E-state index is 5.28. The second-order valence-electron chi connectivity index (χ2n) is 4.86. The van der Waals surface area contributed by atoms with Crippen LogP contribution in [0.15, 0.2) is 46.9 Å². The van der Waals surface area contributed by atoms with Gasteiger partial charge in [0.05, 0.1) is 20.4 Å². The molecule has 1 heterocycles. The number of amidine groups is 1. The third-order valence-corrected chi connectivity index (χ3v) is 3.24. The van der Waals surface area contributed by atoms with Crippen molar-refractivity contribution in [2.24, 2.45) is 10.1 Å². The van der Waals surface area contributed by atoms with Crippen LogP contribution in [0.5, 0.6) is 11.5 Å². The first-order valence-corrected chi connectivity index (χ1v) is 7.63. The van der Waals surface area contributed by atoms with Gasteiger partial charge in [-0.15, -0.1) is 0 Å². The van der Waals surface area contributed by atoms with Gasteiger partial charge in [-0.2, -0.15) is 0 Å². The molecule has 8 nitrogen and oxygen atoms in total. The van der Waals surface area contributed by atoms with E-state index in [9.17, 15) is 0 Å². The number of nitrogens with one attached hydrogen (secondary N) is 1. The van der Waals surface area contributed by atoms with Crippen molar-refractivity contribution in [1.29, 1.82) is 0 Å². The molecule has 0 radical (unpaired) electrons. The standard InChI is InChI=1S/C17H21N5O3/c1-18-17(14-12-19-6-7-21-14)22-25-9-8-20-11-13-4-5-15(23-2)16(10-13)24-3/h4-7,10,12,20H,1,8-9,11H2,2-3H3/b22-17-. The van der Waals surface area contributed by atoms with Crippen LogP contribution < -0.4 is 14.8 Å². The molecule has 0 fully saturated rings. The highest BCUT2D eigenvalue weighted by molar-refractivity contribution is 5.99. The second kappa shape index (κ2) is 9.99. The van der Waals surface area contributed by atoms with Crippen LogP contribution in [0.3, 0.4) is 0 Å². The molecule has 0 atom stereocenters. The van der Waals surface area contributed by atoms with Gasteiger partial charge in [0.15, 0.2) is 11.5 Å². The molecule has 0 saturated carbocycles. The summed E-state index contributed by atoms with van der Waals surface area (Å²) in [6.07, 6.45) is 4.68. The molecular formula is C17H21N5O3. The summed E-state index contributed by atoms with van der Waals surface area (Å²) in [4.78, 5) is 17.1. The van der Waals surface area contributed by atoms with E-state index in [0.29, 0.717) is 42.7 Å². The van der Waals surface area contributed by atoms with Crippen molar-refractivity contribution >= 4 is 12.6 Å². The zero-order valence-corrected chi connectivity index (χ0v) is 14.3. The zero-order valence-electron chi connectivity index (χ0n) is 14.3. The minimum Gasteiger partial charge on any atom is -0.493 e. The van der Waals surface area contributed by atoms with Crippen LogP contribution in [0.4, 0.5) is 0 Å². The van der Waals surface area contributed by atoms with E-state index in [2.05, 4.69) is 32.2 Å². The van der Waals surface area contributed by atoms with E-state index in [0.717, 1.165) is 5.56 Å². The molecular weight excluding hydrogens is 322 g/mol. The molecule has 0 spiro atoms. The van der Waals surface area contributed by atoms with Gasteiger partial charge in [0.2, 0.25) is 5.84 Å². The lowest BCUT2D eigenvalue weighted by molar-refractivity contribution is 0.145. The molecule has 8 heteroatoms. The minimum absolute atomic E-state index is 0.299. The fourth-order valence-electron chi connectivity index (χ4n) is 2.02. The topological polar surface area (TPSA) is 90.2 Å². The molecule has 2 aromatic rings. The summed E-state index contributed by atoms with van der Waals surface area (Å²) in [5, 5.41) is 7.17. The van der Waals surface area contributed by atoms with Gasteiger partial charge in [-0.05, 0) is 24.4 Å². The number of hydrogen-bond donors (Lipinski definition) is 1. The van der Waals surface area contributed by atoms with Gasteiger partial charge < -0.3 is 19.6 Å². The van der Waals surface area contributed by atoms with Crippen molar-refractivity contribution in [3.8, 4) is 11.5 Å². The van der Waals surface area contributed by atoms with Crippen molar-refractivity contribution in [3.63, 3.8) is 0 Å². The molecule has 2 rings (SSSR count). The molecule has 132 valence electrons. The van der Waals surface area contributed by atoms with Gasteiger partial charge in [0.25, 0.3) is 0 Å². The Morgan fingerprint density at radius 2 is 2.04 bits per heavy atom. The van der Waals surface area contributed by atoms with Crippen molar-refractivity contribution in [2.45, 2.75) is 6.54 Å². The Balaban J connectivity index is 1.76. The number of ether oxygens (including phenoxy) is 2. The van der Waals surface area contributed by atoms with Crippen LogP contribution >= 0.6 is 0 Å². The quantitative estimate of drug-likeness (QED) is 0.322. The number of rotatable bonds is 9. The van der Waals surface area contributed by atoms with E-state index in [1.807, 2.05) is 18.2 Å². The zero-order chi connectivity index (χ0) is 17.9. The molecule has 0 unspecified atom stereocenters. The molecule has 1 aromatic heterocycles. The normalized spacial score (nSPS) is 11.0. The average Bonchev–Trinajstić information content (AvgIpc) is 2.68. The Labute approximate surface area is 146 Å². The van der Waals surface area contributed by atoms with Crippen LogP contribution in [0, 0.1) is 0 Å². The SMILES string of the molecule is C=N/C(=N\OCCNCc1ccc(OC)c(OC)c1)c1cnccn1. The summed E-state index contributed by atoms with van der Waals surface area (Å²) >= 11 is 0. The van der Waals surface area contributed by atoms with Gasteiger partial charge in [0.1, 0.15) is 12.3 Å². The predicted octanol–water partition coefficient (Wildman–Crippen LogP) is 1.66. The Bertz CT molecular complexity index is 707. The predicted molar refractivity (Wildman–Crippen MR) is 95.3 cm³/mol. The average molecular weight is 343 g/mol. The third kappa shape index (κ3) is 5.54. The van der Waals surface area contributed by atoms with E-state index in [-0.39, 0.29) is 0 Å². The van der Waals surface area contributed by atoms with Gasteiger partial charge >= 0.3 is 0 Å². The van der Waals surface area contributed by atoms with Crippen molar-refractivity contribution < 1.29 is 14.3 Å². The Kier molecular flexibility index (Phi) is 7.33. The summed E-state index contributed by atoms with van der Waals surface area (Å²) in [5.41, 5.74) is 1.59. The number of oxime groups is 1. The number of benzene rings is 1. The first-order chi connectivity index (χ1) is 12.3. The first-order valence-electron chi connectivity index (χ1n) is 7.63. The fourth-order valence-corrected chi connectivity index (χ4v) is 2.02. The van der Waals surface area contributed by atoms with Gasteiger partial charge in [-0.3, -0.25) is 4.98 Å². The Morgan fingerprint density at radius 1 is 1.20 bits per heavy atom. The van der Waals surface area contributed by atoms with Gasteiger partial charge in [-0.1, -0.05) is 11.2 Å². The lowest BCUT2D eigenvalue weighted by atomic mass is 10.2. The highest BCUT2D eigenvalue weighted by Crippen LogP contribution is 2.27. The molecule has 0 bridgehead atoms. The molecule has 0 aliphatic heterocycles. The summed E-state index contributed by atoms with van der Waals surface area (Å²) in [6, 6.07) is 5.78. The fraction of sp³-hybridized carbons (Fsp3) is 0.294. The highest BCUT2D eigenvalue weighted by Gasteiger charge is 2.05. The van der Waals surface area contributed by atoms with Crippen LogP contribution in [-0.2, 0) is 11.4 Å². The maximum absolute atomic E-state index is 5.28. The van der Waals surface area contributed by atoms with Gasteiger partial charge in [0, 0.05) is 25.5 Å². The van der Waals surface area contributed by atoms with Crippen molar-refractivity contribution in [1.82, 2.24) is 15.3 Å². The van der Waals surface area contributed by atoms with E-state index >= 15 is 0 Å². The van der Waals surface area contributed by atoms with Crippen molar-refractivity contribution in [2.75, 3.05) is 27.4 Å². The Hall–Kier alpha value is -3.00. The van der Waals surface area contributed by atoms with E-state index < -0.39 is 0 Å². The number of aromatic nitrogens is 2. The number of aliphatic imine (C=N–C) groups is 1. The lowest BCUT2D eigenvalue weighted by Crippen LogP contribution is -2.18. The van der Waals surface area contributed by atoms with Crippen LogP contribution in [0.2, 0.25) is 0 Å². The summed E-state index contributed by atoms with van der Waals surface area (Å²) in [7, 11) is 3.23. The van der Waals surface area contributed by atoms with Crippen LogP contribution in [0.1, 0.15) is 11.3 Å². The highest BCUT2D eigenvalue weighted by atomic mass is 16.6. The molecule has 1 aromatic carbocycles. The number of methoxy groups -OCH3 is 2. The molecule has 0 amide bonds. The summed E-state index contributed by atoms with van der Waals surface area (Å²) in [6.45, 7) is 5.12. The summed E-state index contributed by atoms with van der Waals surface area (Å²) in [5.74, 6) is 1.71.